The molecule has 0 radical (unpaired) electrons. The first-order valence-corrected chi connectivity index (χ1v) is 10.9. The number of amides is 2. The highest BCUT2D eigenvalue weighted by atomic mass is 16.5. The number of ether oxygens (including phenoxy) is 2. The van der Waals surface area contributed by atoms with E-state index >= 15 is 0 Å². The predicted molar refractivity (Wildman–Crippen MR) is 122 cm³/mol. The van der Waals surface area contributed by atoms with Crippen LogP contribution in [0.15, 0.2) is 53.6 Å². The fourth-order valence-electron chi connectivity index (χ4n) is 4.22. The third kappa shape index (κ3) is 4.33. The number of carbonyl (C=O) groups is 2. The van der Waals surface area contributed by atoms with E-state index in [9.17, 15) is 9.59 Å². The average molecular weight is 436 g/mol. The van der Waals surface area contributed by atoms with Crippen molar-refractivity contribution in [1.82, 2.24) is 9.91 Å². The minimum absolute atomic E-state index is 0.00409. The van der Waals surface area contributed by atoms with Crippen molar-refractivity contribution in [2.75, 3.05) is 27.8 Å². The first-order chi connectivity index (χ1) is 15.5. The van der Waals surface area contributed by atoms with Gasteiger partial charge in [-0.2, -0.15) is 5.10 Å². The fraction of sp³-hybridized carbons (Fsp3) is 0.400. The maximum absolute atomic E-state index is 13.3. The molecule has 2 aromatic rings. The van der Waals surface area contributed by atoms with Gasteiger partial charge in [0, 0.05) is 30.5 Å². The number of likely N-dealkylation sites (N-methyl/N-ethyl adjacent to an activating group) is 1. The molecule has 1 aliphatic heterocycles. The van der Waals surface area contributed by atoms with Gasteiger partial charge in [0.05, 0.1) is 26.0 Å². The zero-order valence-electron chi connectivity index (χ0n) is 18.8. The predicted octanol–water partition coefficient (Wildman–Crippen LogP) is 3.64. The van der Waals surface area contributed by atoms with Crippen molar-refractivity contribution in [3.8, 4) is 11.5 Å². The zero-order valence-corrected chi connectivity index (χ0v) is 18.8. The number of hydrazone groups is 1. The minimum Gasteiger partial charge on any atom is -0.497 e. The normalized spacial score (nSPS) is 18.0. The Morgan fingerprint density at radius 2 is 1.88 bits per heavy atom. The molecule has 1 unspecified atom stereocenters. The maximum atomic E-state index is 13.3. The lowest BCUT2D eigenvalue weighted by Crippen LogP contribution is -2.42. The Morgan fingerprint density at radius 1 is 1.09 bits per heavy atom. The summed E-state index contributed by atoms with van der Waals surface area (Å²) in [5.41, 5.74) is 2.58. The summed E-state index contributed by atoms with van der Waals surface area (Å²) in [6, 6.07) is 15.0. The van der Waals surface area contributed by atoms with Gasteiger partial charge in [0.2, 0.25) is 5.91 Å². The molecule has 0 spiro atoms. The molecule has 7 nitrogen and oxygen atoms in total. The van der Waals surface area contributed by atoms with Gasteiger partial charge in [-0.3, -0.25) is 9.59 Å². The highest BCUT2D eigenvalue weighted by Gasteiger charge is 2.36. The fourth-order valence-corrected chi connectivity index (χ4v) is 4.22. The van der Waals surface area contributed by atoms with E-state index in [4.69, 9.17) is 14.6 Å². The SMILES string of the molecule is COc1cccc(C2=NN(C(=O)CN(C)C(=O)C3CCC3)C(c3ccccc3OC)C2)c1. The van der Waals surface area contributed by atoms with Crippen LogP contribution >= 0.6 is 0 Å². The molecule has 1 fully saturated rings. The monoisotopic (exact) mass is 435 g/mol. The molecular formula is C25H29N3O4. The van der Waals surface area contributed by atoms with E-state index in [1.165, 1.54) is 9.91 Å². The summed E-state index contributed by atoms with van der Waals surface area (Å²) in [7, 11) is 4.94. The summed E-state index contributed by atoms with van der Waals surface area (Å²) in [6.45, 7) is -0.00409. The molecule has 1 saturated carbocycles. The summed E-state index contributed by atoms with van der Waals surface area (Å²) < 4.78 is 10.9. The Balaban J connectivity index is 1.62. The van der Waals surface area contributed by atoms with Crippen molar-refractivity contribution in [1.29, 1.82) is 0 Å². The largest absolute Gasteiger partial charge is 0.497 e. The molecule has 0 saturated heterocycles. The van der Waals surface area contributed by atoms with E-state index in [-0.39, 0.29) is 30.3 Å². The van der Waals surface area contributed by atoms with Crippen LogP contribution in [0, 0.1) is 5.92 Å². The lowest BCUT2D eigenvalue weighted by molar-refractivity contribution is -0.144. The van der Waals surface area contributed by atoms with Crippen LogP contribution in [0.3, 0.4) is 0 Å². The quantitative estimate of drug-likeness (QED) is 0.666. The molecular weight excluding hydrogens is 406 g/mol. The standard InChI is InChI=1S/C25H29N3O4/c1-27(25(30)17-8-6-9-17)16-24(29)28-22(20-12-4-5-13-23(20)32-3)15-21(26-28)18-10-7-11-19(14-18)31-2/h4-5,7,10-14,17,22H,6,8-9,15-16H2,1-3H3. The average Bonchev–Trinajstić information content (AvgIpc) is 3.23. The molecule has 2 aliphatic rings. The van der Waals surface area contributed by atoms with Crippen LogP contribution in [0.1, 0.15) is 42.9 Å². The second kappa shape index (κ2) is 9.42. The number of hydrogen-bond donors (Lipinski definition) is 0. The molecule has 0 bridgehead atoms. The zero-order chi connectivity index (χ0) is 22.7. The Labute approximate surface area is 188 Å². The minimum atomic E-state index is -0.313. The highest BCUT2D eigenvalue weighted by molar-refractivity contribution is 6.03. The van der Waals surface area contributed by atoms with Crippen molar-refractivity contribution in [3.05, 3.63) is 59.7 Å². The lowest BCUT2D eigenvalue weighted by atomic mass is 9.84. The van der Waals surface area contributed by atoms with E-state index in [1.54, 1.807) is 21.3 Å². The van der Waals surface area contributed by atoms with Gasteiger partial charge in [-0.25, -0.2) is 5.01 Å². The molecule has 1 heterocycles. The Hall–Kier alpha value is -3.35. The van der Waals surface area contributed by atoms with Gasteiger partial charge in [0.1, 0.15) is 18.0 Å². The molecule has 168 valence electrons. The number of benzene rings is 2. The van der Waals surface area contributed by atoms with Gasteiger partial charge < -0.3 is 14.4 Å². The van der Waals surface area contributed by atoms with Gasteiger partial charge in [-0.1, -0.05) is 36.8 Å². The van der Waals surface area contributed by atoms with E-state index in [0.717, 1.165) is 41.9 Å². The summed E-state index contributed by atoms with van der Waals surface area (Å²) in [5.74, 6) is 1.31. The highest BCUT2D eigenvalue weighted by Crippen LogP contribution is 2.38. The summed E-state index contributed by atoms with van der Waals surface area (Å²) in [5, 5.41) is 6.22. The van der Waals surface area contributed by atoms with Crippen molar-refractivity contribution >= 4 is 17.5 Å². The van der Waals surface area contributed by atoms with Gasteiger partial charge in [-0.15, -0.1) is 0 Å². The summed E-state index contributed by atoms with van der Waals surface area (Å²) in [4.78, 5) is 27.4. The van der Waals surface area contributed by atoms with Crippen LogP contribution < -0.4 is 9.47 Å². The van der Waals surface area contributed by atoms with Crippen LogP contribution in [0.25, 0.3) is 0 Å². The smallest absolute Gasteiger partial charge is 0.262 e. The van der Waals surface area contributed by atoms with E-state index in [2.05, 4.69) is 0 Å². The summed E-state index contributed by atoms with van der Waals surface area (Å²) in [6.07, 6.45) is 3.43. The molecule has 1 aliphatic carbocycles. The number of carbonyl (C=O) groups excluding carboxylic acids is 2. The van der Waals surface area contributed by atoms with Crippen molar-refractivity contribution < 1.29 is 19.1 Å². The lowest BCUT2D eigenvalue weighted by Gasteiger charge is -2.30. The van der Waals surface area contributed by atoms with Gasteiger partial charge in [0.25, 0.3) is 5.91 Å². The molecule has 7 heteroatoms. The van der Waals surface area contributed by atoms with Crippen molar-refractivity contribution in [2.45, 2.75) is 31.7 Å². The maximum Gasteiger partial charge on any atom is 0.262 e. The molecule has 1 atom stereocenters. The molecule has 0 N–H and O–H groups in total. The van der Waals surface area contributed by atoms with Gasteiger partial charge in [-0.05, 0) is 31.0 Å². The third-order valence-electron chi connectivity index (χ3n) is 6.27. The number of nitrogens with zero attached hydrogens (tertiary/aromatic N) is 3. The summed E-state index contributed by atoms with van der Waals surface area (Å²) >= 11 is 0. The molecule has 32 heavy (non-hydrogen) atoms. The number of para-hydroxylation sites is 1. The van der Waals surface area contributed by atoms with E-state index in [1.807, 2.05) is 48.5 Å². The number of methoxy groups -OCH3 is 2. The Kier molecular flexibility index (Phi) is 6.44. The van der Waals surface area contributed by atoms with Gasteiger partial charge in [0.15, 0.2) is 0 Å². The van der Waals surface area contributed by atoms with Crippen LogP contribution in [0.2, 0.25) is 0 Å². The second-order valence-electron chi connectivity index (χ2n) is 8.30. The van der Waals surface area contributed by atoms with Crippen LogP contribution in [0.5, 0.6) is 11.5 Å². The van der Waals surface area contributed by atoms with Crippen molar-refractivity contribution in [2.24, 2.45) is 11.0 Å². The van der Waals surface area contributed by atoms with Crippen LogP contribution in [-0.4, -0.2) is 55.2 Å². The van der Waals surface area contributed by atoms with Crippen molar-refractivity contribution in [3.63, 3.8) is 0 Å². The molecule has 2 aromatic carbocycles. The van der Waals surface area contributed by atoms with E-state index in [0.29, 0.717) is 12.2 Å². The molecule has 4 rings (SSSR count). The van der Waals surface area contributed by atoms with Crippen LogP contribution in [0.4, 0.5) is 0 Å². The topological polar surface area (TPSA) is 71.4 Å². The van der Waals surface area contributed by atoms with Gasteiger partial charge >= 0.3 is 0 Å². The van der Waals surface area contributed by atoms with E-state index < -0.39 is 0 Å². The Morgan fingerprint density at radius 3 is 2.56 bits per heavy atom. The van der Waals surface area contributed by atoms with Crippen LogP contribution in [-0.2, 0) is 9.59 Å². The number of rotatable bonds is 7. The Bertz CT molecular complexity index is 1030. The number of hydrogen-bond acceptors (Lipinski definition) is 5. The first-order valence-electron chi connectivity index (χ1n) is 10.9. The molecule has 2 amide bonds. The first kappa shape index (κ1) is 21.9. The molecule has 0 aromatic heterocycles. The third-order valence-corrected chi connectivity index (χ3v) is 6.27. The second-order valence-corrected chi connectivity index (χ2v) is 8.30.